The maximum absolute atomic E-state index is 12.0. The molecule has 0 aliphatic carbocycles. The van der Waals surface area contributed by atoms with Gasteiger partial charge in [0.25, 0.3) is 0 Å². The molecular weight excluding hydrogens is 448 g/mol. The van der Waals surface area contributed by atoms with Crippen LogP contribution >= 0.6 is 0 Å². The minimum absolute atomic E-state index is 0.134. The van der Waals surface area contributed by atoms with E-state index in [2.05, 4.69) is 40.9 Å². The number of nitrogens with zero attached hydrogens (tertiary/aromatic N) is 7. The molecular formula is C23H24N10O2. The number of aromatic nitrogens is 6. The average Bonchev–Trinajstić information content (AvgIpc) is 3.45. The van der Waals surface area contributed by atoms with Gasteiger partial charge in [-0.2, -0.15) is 9.97 Å². The van der Waals surface area contributed by atoms with Gasteiger partial charge in [0.1, 0.15) is 12.1 Å². The molecule has 1 saturated heterocycles. The first-order valence-corrected chi connectivity index (χ1v) is 11.2. The number of hydrogen-bond acceptors (Lipinski definition) is 9. The summed E-state index contributed by atoms with van der Waals surface area (Å²) in [4.78, 5) is 47.1. The maximum Gasteiger partial charge on any atom is 0.232 e. The van der Waals surface area contributed by atoms with Crippen molar-refractivity contribution in [1.82, 2.24) is 34.4 Å². The highest BCUT2D eigenvalue weighted by Gasteiger charge is 2.20. The molecule has 4 aromatic rings. The molecule has 1 aromatic carbocycles. The number of amides is 2. The van der Waals surface area contributed by atoms with Crippen LogP contribution < -0.4 is 16.0 Å². The number of fused-ring (bicyclic) bond motifs is 1. The summed E-state index contributed by atoms with van der Waals surface area (Å²) in [7, 11) is 0. The topological polar surface area (TPSA) is 143 Å². The third-order valence-electron chi connectivity index (χ3n) is 5.54. The first-order chi connectivity index (χ1) is 17.0. The van der Waals surface area contributed by atoms with Crippen LogP contribution in [0.15, 0.2) is 49.2 Å². The van der Waals surface area contributed by atoms with E-state index in [1.54, 1.807) is 30.7 Å². The van der Waals surface area contributed by atoms with Crippen LogP contribution in [0.3, 0.4) is 0 Å². The van der Waals surface area contributed by atoms with Crippen LogP contribution in [0.4, 0.5) is 29.0 Å². The molecule has 4 heterocycles. The van der Waals surface area contributed by atoms with Crippen molar-refractivity contribution >= 4 is 51.9 Å². The second kappa shape index (κ2) is 9.71. The molecule has 1 fully saturated rings. The zero-order valence-electron chi connectivity index (χ0n) is 19.1. The van der Waals surface area contributed by atoms with Gasteiger partial charge in [-0.3, -0.25) is 9.59 Å². The molecule has 3 N–H and O–H groups in total. The summed E-state index contributed by atoms with van der Waals surface area (Å²) in [6.45, 7) is 3.40. The van der Waals surface area contributed by atoms with E-state index in [0.29, 0.717) is 53.9 Å². The molecule has 3 aromatic heterocycles. The molecule has 1 aliphatic heterocycles. The highest BCUT2D eigenvalue weighted by molar-refractivity contribution is 5.89. The van der Waals surface area contributed by atoms with Crippen molar-refractivity contribution in [1.29, 1.82) is 0 Å². The van der Waals surface area contributed by atoms with E-state index in [-0.39, 0.29) is 11.8 Å². The van der Waals surface area contributed by atoms with Crippen LogP contribution in [0.5, 0.6) is 0 Å². The van der Waals surface area contributed by atoms with Gasteiger partial charge in [0, 0.05) is 50.6 Å². The Kier molecular flexibility index (Phi) is 6.16. The minimum atomic E-state index is -0.134. The molecule has 0 radical (unpaired) electrons. The zero-order chi connectivity index (χ0) is 24.2. The Morgan fingerprint density at radius 3 is 2.57 bits per heavy atom. The zero-order valence-corrected chi connectivity index (χ0v) is 19.1. The quantitative estimate of drug-likeness (QED) is 0.353. The van der Waals surface area contributed by atoms with Gasteiger partial charge in [0.05, 0.1) is 6.33 Å². The number of rotatable bonds is 8. The van der Waals surface area contributed by atoms with Gasteiger partial charge < -0.3 is 25.4 Å². The van der Waals surface area contributed by atoms with Crippen molar-refractivity contribution in [3.63, 3.8) is 0 Å². The van der Waals surface area contributed by atoms with Crippen LogP contribution in [0, 0.1) is 0 Å². The van der Waals surface area contributed by atoms with Crippen LogP contribution in [0.25, 0.3) is 11.2 Å². The van der Waals surface area contributed by atoms with Gasteiger partial charge in [0.2, 0.25) is 17.8 Å². The van der Waals surface area contributed by atoms with Gasteiger partial charge in [-0.25, -0.2) is 15.0 Å². The molecule has 0 unspecified atom stereocenters. The molecule has 5 rings (SSSR count). The van der Waals surface area contributed by atoms with Crippen molar-refractivity contribution in [2.45, 2.75) is 26.3 Å². The van der Waals surface area contributed by atoms with Crippen molar-refractivity contribution in [2.24, 2.45) is 0 Å². The van der Waals surface area contributed by atoms with E-state index in [4.69, 9.17) is 0 Å². The Morgan fingerprint density at radius 2 is 1.86 bits per heavy atom. The number of imidazole rings is 1. The number of carbonyl (C=O) groups is 2. The van der Waals surface area contributed by atoms with Crippen molar-refractivity contribution in [3.05, 3.63) is 49.2 Å². The lowest BCUT2D eigenvalue weighted by atomic mass is 10.2. The highest BCUT2D eigenvalue weighted by atomic mass is 16.2. The van der Waals surface area contributed by atoms with Crippen molar-refractivity contribution < 1.29 is 9.59 Å². The number of carbonyl (C=O) groups excluding carboxylic acids is 2. The SMILES string of the molecule is CC(=O)Nc1ccc(Nc2nc(Nc3ccncn3)nc3c2ncn3CCN2CCCC2=O)cc1. The standard InChI is InChI=1S/C23H24N10O2/c1-15(34)27-16-4-6-17(7-5-16)28-21-20-22(31-23(30-21)29-18-8-9-24-13-25-18)33(14-26-20)12-11-32-10-2-3-19(32)35/h4-9,13-14H,2-3,10-12H2,1H3,(H,27,34)(H2,24,25,28,29,30,31). The lowest BCUT2D eigenvalue weighted by Gasteiger charge is -2.16. The van der Waals surface area contributed by atoms with E-state index >= 15 is 0 Å². The Balaban J connectivity index is 1.45. The minimum Gasteiger partial charge on any atom is -0.341 e. The summed E-state index contributed by atoms with van der Waals surface area (Å²) in [5.41, 5.74) is 2.68. The number of anilines is 5. The molecule has 12 heteroatoms. The molecule has 12 nitrogen and oxygen atoms in total. The van der Waals surface area contributed by atoms with Gasteiger partial charge in [-0.1, -0.05) is 0 Å². The van der Waals surface area contributed by atoms with Crippen LogP contribution in [-0.4, -0.2) is 59.3 Å². The fourth-order valence-electron chi connectivity index (χ4n) is 3.88. The first kappa shape index (κ1) is 22.2. The Hall–Kier alpha value is -4.61. The Morgan fingerprint density at radius 1 is 1.03 bits per heavy atom. The molecule has 2 amide bonds. The lowest BCUT2D eigenvalue weighted by Crippen LogP contribution is -2.28. The summed E-state index contributed by atoms with van der Waals surface area (Å²) in [5.74, 6) is 1.45. The fourth-order valence-corrected chi connectivity index (χ4v) is 3.88. The number of nitrogens with one attached hydrogen (secondary N) is 3. The lowest BCUT2D eigenvalue weighted by molar-refractivity contribution is -0.127. The van der Waals surface area contributed by atoms with Crippen LogP contribution in [0.1, 0.15) is 19.8 Å². The van der Waals surface area contributed by atoms with Crippen molar-refractivity contribution in [2.75, 3.05) is 29.0 Å². The van der Waals surface area contributed by atoms with Gasteiger partial charge in [-0.05, 0) is 36.8 Å². The molecule has 0 saturated carbocycles. The van der Waals surface area contributed by atoms with Gasteiger partial charge in [0.15, 0.2) is 17.0 Å². The molecule has 0 bridgehead atoms. The smallest absolute Gasteiger partial charge is 0.232 e. The fraction of sp³-hybridized carbons (Fsp3) is 0.261. The van der Waals surface area contributed by atoms with Gasteiger partial charge in [-0.15, -0.1) is 0 Å². The predicted octanol–water partition coefficient (Wildman–Crippen LogP) is 2.68. The van der Waals surface area contributed by atoms with E-state index < -0.39 is 0 Å². The van der Waals surface area contributed by atoms with Gasteiger partial charge >= 0.3 is 0 Å². The van der Waals surface area contributed by atoms with Crippen LogP contribution in [-0.2, 0) is 16.1 Å². The number of likely N-dealkylation sites (tertiary alicyclic amines) is 1. The second-order valence-corrected chi connectivity index (χ2v) is 8.09. The van der Waals surface area contributed by atoms with E-state index in [1.165, 1.54) is 13.3 Å². The third kappa shape index (κ3) is 5.16. The first-order valence-electron chi connectivity index (χ1n) is 11.2. The molecule has 0 atom stereocenters. The van der Waals surface area contributed by atoms with Crippen LogP contribution in [0.2, 0.25) is 0 Å². The normalized spacial score (nSPS) is 13.3. The van der Waals surface area contributed by atoms with E-state index in [1.807, 2.05) is 21.6 Å². The number of hydrogen-bond donors (Lipinski definition) is 3. The molecule has 1 aliphatic rings. The summed E-state index contributed by atoms with van der Waals surface area (Å²) in [6.07, 6.45) is 6.27. The van der Waals surface area contributed by atoms with E-state index in [0.717, 1.165) is 18.7 Å². The second-order valence-electron chi connectivity index (χ2n) is 8.09. The third-order valence-corrected chi connectivity index (χ3v) is 5.54. The summed E-state index contributed by atoms with van der Waals surface area (Å²) < 4.78 is 1.92. The summed E-state index contributed by atoms with van der Waals surface area (Å²) in [5, 5.41) is 9.15. The largest absolute Gasteiger partial charge is 0.341 e. The molecule has 35 heavy (non-hydrogen) atoms. The maximum atomic E-state index is 12.0. The predicted molar refractivity (Wildman–Crippen MR) is 130 cm³/mol. The molecule has 178 valence electrons. The highest BCUT2D eigenvalue weighted by Crippen LogP contribution is 2.26. The van der Waals surface area contributed by atoms with E-state index in [9.17, 15) is 9.59 Å². The average molecular weight is 473 g/mol. The number of benzene rings is 1. The monoisotopic (exact) mass is 472 g/mol. The van der Waals surface area contributed by atoms with Crippen molar-refractivity contribution in [3.8, 4) is 0 Å². The summed E-state index contributed by atoms with van der Waals surface area (Å²) >= 11 is 0. The summed E-state index contributed by atoms with van der Waals surface area (Å²) in [6, 6.07) is 9.00. The Labute approximate surface area is 200 Å². The Bertz CT molecular complexity index is 1350. The molecule has 0 spiro atoms.